The highest BCUT2D eigenvalue weighted by molar-refractivity contribution is 6.31. The van der Waals surface area contributed by atoms with Crippen LogP contribution in [0.5, 0.6) is 0 Å². The van der Waals surface area contributed by atoms with Crippen molar-refractivity contribution in [2.75, 3.05) is 19.6 Å². The molecule has 1 saturated heterocycles. The van der Waals surface area contributed by atoms with Crippen LogP contribution in [-0.4, -0.2) is 51.9 Å². The van der Waals surface area contributed by atoms with Crippen LogP contribution in [-0.2, 0) is 16.1 Å². The lowest BCUT2D eigenvalue weighted by Gasteiger charge is -2.34. The van der Waals surface area contributed by atoms with E-state index in [9.17, 15) is 9.59 Å². The monoisotopic (exact) mass is 438 g/mol. The van der Waals surface area contributed by atoms with Gasteiger partial charge in [-0.25, -0.2) is 4.79 Å². The molecule has 2 heterocycles. The molecule has 1 aliphatic heterocycles. The van der Waals surface area contributed by atoms with E-state index >= 15 is 0 Å². The first-order chi connectivity index (χ1) is 14.0. The lowest BCUT2D eigenvalue weighted by molar-refractivity contribution is -0.116. The second-order valence-corrected chi connectivity index (χ2v) is 9.74. The van der Waals surface area contributed by atoms with Gasteiger partial charge in [-0.3, -0.25) is 9.48 Å². The molecular formula is C22H35ClN4O3. The van der Waals surface area contributed by atoms with Crippen molar-refractivity contribution in [1.29, 1.82) is 0 Å². The number of hydrogen-bond acceptors (Lipinski definition) is 4. The molecule has 1 unspecified atom stereocenters. The normalized spacial score (nSPS) is 17.6. The average Bonchev–Trinajstić information content (AvgIpc) is 2.89. The van der Waals surface area contributed by atoms with E-state index in [2.05, 4.69) is 24.3 Å². The smallest absolute Gasteiger partial charge is 0.410 e. The van der Waals surface area contributed by atoms with Crippen LogP contribution in [0.15, 0.2) is 6.08 Å². The first kappa shape index (κ1) is 24.3. The van der Waals surface area contributed by atoms with Crippen LogP contribution in [0.25, 0.3) is 6.08 Å². The van der Waals surface area contributed by atoms with Crippen molar-refractivity contribution in [3.63, 3.8) is 0 Å². The SMILES string of the molecule is Cc1nn(CC(C)C)c(Cl)c1/C=C/C(=O)NCC1CCCN(C(=O)OC(C)(C)C)C1. The number of nitrogens with zero attached hydrogens (tertiary/aromatic N) is 3. The van der Waals surface area contributed by atoms with E-state index in [4.69, 9.17) is 16.3 Å². The van der Waals surface area contributed by atoms with Crippen LogP contribution >= 0.6 is 11.6 Å². The summed E-state index contributed by atoms with van der Waals surface area (Å²) in [5.41, 5.74) is 1.05. The third-order valence-electron chi connectivity index (χ3n) is 4.78. The Morgan fingerprint density at radius 1 is 1.37 bits per heavy atom. The summed E-state index contributed by atoms with van der Waals surface area (Å²) in [6.07, 6.45) is 4.78. The van der Waals surface area contributed by atoms with Crippen LogP contribution in [0, 0.1) is 18.8 Å². The van der Waals surface area contributed by atoms with E-state index < -0.39 is 5.60 Å². The van der Waals surface area contributed by atoms with Gasteiger partial charge in [0.15, 0.2) is 0 Å². The second-order valence-electron chi connectivity index (χ2n) is 9.38. The number of aromatic nitrogens is 2. The highest BCUT2D eigenvalue weighted by Gasteiger charge is 2.27. The summed E-state index contributed by atoms with van der Waals surface area (Å²) in [5.74, 6) is 0.455. The van der Waals surface area contributed by atoms with E-state index in [1.165, 1.54) is 6.08 Å². The molecule has 2 amide bonds. The number of halogens is 1. The molecule has 0 aromatic carbocycles. The first-order valence-electron chi connectivity index (χ1n) is 10.6. The summed E-state index contributed by atoms with van der Waals surface area (Å²) in [6.45, 7) is 14.2. The summed E-state index contributed by atoms with van der Waals surface area (Å²) >= 11 is 6.42. The van der Waals surface area contributed by atoms with Gasteiger partial charge in [-0.15, -0.1) is 0 Å². The number of aryl methyl sites for hydroxylation is 1. The number of likely N-dealkylation sites (tertiary alicyclic amines) is 1. The molecule has 1 atom stereocenters. The molecule has 0 radical (unpaired) electrons. The van der Waals surface area contributed by atoms with Crippen molar-refractivity contribution in [3.8, 4) is 0 Å². The van der Waals surface area contributed by atoms with Gasteiger partial charge in [0.2, 0.25) is 5.91 Å². The maximum atomic E-state index is 12.3. The van der Waals surface area contributed by atoms with Gasteiger partial charge < -0.3 is 15.0 Å². The molecule has 0 saturated carbocycles. The van der Waals surface area contributed by atoms with Crippen LogP contribution in [0.3, 0.4) is 0 Å². The zero-order valence-corrected chi connectivity index (χ0v) is 19.8. The van der Waals surface area contributed by atoms with Crippen LogP contribution in [0.2, 0.25) is 5.15 Å². The van der Waals surface area contributed by atoms with Gasteiger partial charge in [-0.1, -0.05) is 25.4 Å². The summed E-state index contributed by atoms with van der Waals surface area (Å²) in [5, 5.41) is 7.93. The van der Waals surface area contributed by atoms with Gasteiger partial charge in [-0.2, -0.15) is 5.10 Å². The number of carbonyl (C=O) groups is 2. The molecule has 7 nitrogen and oxygen atoms in total. The van der Waals surface area contributed by atoms with Gasteiger partial charge in [0, 0.05) is 37.8 Å². The topological polar surface area (TPSA) is 76.5 Å². The summed E-state index contributed by atoms with van der Waals surface area (Å²) < 4.78 is 7.23. The van der Waals surface area contributed by atoms with Gasteiger partial charge in [0.25, 0.3) is 0 Å². The van der Waals surface area contributed by atoms with Crippen molar-refractivity contribution < 1.29 is 14.3 Å². The van der Waals surface area contributed by atoms with Crippen molar-refractivity contribution in [2.24, 2.45) is 11.8 Å². The molecule has 30 heavy (non-hydrogen) atoms. The first-order valence-corrected chi connectivity index (χ1v) is 11.0. The van der Waals surface area contributed by atoms with Gasteiger partial charge in [-0.05, 0) is 58.4 Å². The Labute approximate surface area is 184 Å². The highest BCUT2D eigenvalue weighted by atomic mass is 35.5. The maximum Gasteiger partial charge on any atom is 0.410 e. The van der Waals surface area contributed by atoms with Crippen LogP contribution in [0.1, 0.15) is 58.7 Å². The van der Waals surface area contributed by atoms with Gasteiger partial charge in [0.1, 0.15) is 10.8 Å². The van der Waals surface area contributed by atoms with Crippen molar-refractivity contribution in [3.05, 3.63) is 22.5 Å². The predicted molar refractivity (Wildman–Crippen MR) is 119 cm³/mol. The molecule has 2 rings (SSSR count). The minimum absolute atomic E-state index is 0.184. The number of nitrogens with one attached hydrogen (secondary N) is 1. The second kappa shape index (κ2) is 10.3. The van der Waals surface area contributed by atoms with E-state index in [0.29, 0.717) is 30.7 Å². The molecule has 1 N–H and O–H groups in total. The molecule has 8 heteroatoms. The van der Waals surface area contributed by atoms with Crippen molar-refractivity contribution in [2.45, 2.75) is 66.5 Å². The van der Waals surface area contributed by atoms with E-state index in [1.807, 2.05) is 27.7 Å². The number of ether oxygens (including phenoxy) is 1. The quantitative estimate of drug-likeness (QED) is 0.672. The maximum absolute atomic E-state index is 12.3. The minimum Gasteiger partial charge on any atom is -0.444 e. The summed E-state index contributed by atoms with van der Waals surface area (Å²) in [7, 11) is 0. The fourth-order valence-corrected chi connectivity index (χ4v) is 3.72. The number of amides is 2. The Kier molecular flexibility index (Phi) is 8.35. The molecule has 1 fully saturated rings. The van der Waals surface area contributed by atoms with Crippen LogP contribution < -0.4 is 5.32 Å². The molecule has 0 spiro atoms. The molecule has 1 aromatic rings. The Morgan fingerprint density at radius 3 is 2.70 bits per heavy atom. The number of hydrogen-bond donors (Lipinski definition) is 1. The number of piperidine rings is 1. The largest absolute Gasteiger partial charge is 0.444 e. The third-order valence-corrected chi connectivity index (χ3v) is 5.18. The fourth-order valence-electron chi connectivity index (χ4n) is 3.41. The zero-order valence-electron chi connectivity index (χ0n) is 19.0. The van der Waals surface area contributed by atoms with Crippen molar-refractivity contribution in [1.82, 2.24) is 20.0 Å². The lowest BCUT2D eigenvalue weighted by Crippen LogP contribution is -2.45. The average molecular weight is 439 g/mol. The van der Waals surface area contributed by atoms with E-state index in [1.54, 1.807) is 15.7 Å². The molecule has 168 valence electrons. The van der Waals surface area contributed by atoms with Crippen molar-refractivity contribution >= 4 is 29.7 Å². The fraction of sp³-hybridized carbons (Fsp3) is 0.682. The standard InChI is InChI=1S/C22H35ClN4O3/c1-15(2)13-27-20(23)18(16(3)25-27)9-10-19(28)24-12-17-8-7-11-26(14-17)21(29)30-22(4,5)6/h9-10,15,17H,7-8,11-14H2,1-6H3,(H,24,28)/b10-9+. The highest BCUT2D eigenvalue weighted by Crippen LogP contribution is 2.22. The molecule has 1 aromatic heterocycles. The van der Waals surface area contributed by atoms with E-state index in [0.717, 1.165) is 30.6 Å². The Morgan fingerprint density at radius 2 is 2.07 bits per heavy atom. The minimum atomic E-state index is -0.509. The summed E-state index contributed by atoms with van der Waals surface area (Å²) in [4.78, 5) is 26.3. The van der Waals surface area contributed by atoms with Gasteiger partial charge >= 0.3 is 6.09 Å². The number of rotatable bonds is 6. The lowest BCUT2D eigenvalue weighted by atomic mass is 9.98. The predicted octanol–water partition coefficient (Wildman–Crippen LogP) is 4.28. The Hall–Kier alpha value is -2.02. The Bertz CT molecular complexity index is 780. The molecular weight excluding hydrogens is 404 g/mol. The zero-order chi connectivity index (χ0) is 22.5. The Balaban J connectivity index is 1.87. The van der Waals surface area contributed by atoms with Gasteiger partial charge in [0.05, 0.1) is 5.69 Å². The third kappa shape index (κ3) is 7.35. The number of carbonyl (C=O) groups excluding carboxylic acids is 2. The van der Waals surface area contributed by atoms with E-state index in [-0.39, 0.29) is 17.9 Å². The molecule has 0 aliphatic carbocycles. The van der Waals surface area contributed by atoms with Crippen LogP contribution in [0.4, 0.5) is 4.79 Å². The molecule has 1 aliphatic rings. The molecule has 0 bridgehead atoms. The summed E-state index contributed by atoms with van der Waals surface area (Å²) in [6, 6.07) is 0.